The molecule has 0 spiro atoms. The summed E-state index contributed by atoms with van der Waals surface area (Å²) in [4.78, 5) is 2.35. The van der Waals surface area contributed by atoms with E-state index >= 15 is 0 Å². The van der Waals surface area contributed by atoms with Crippen molar-refractivity contribution in [3.05, 3.63) is 33.8 Å². The maximum Gasteiger partial charge on any atom is 0.0595 e. The van der Waals surface area contributed by atoms with Crippen molar-refractivity contribution in [1.29, 1.82) is 0 Å². The number of halogens is 3. The van der Waals surface area contributed by atoms with Crippen molar-refractivity contribution in [2.45, 2.75) is 30.7 Å². The topological polar surface area (TPSA) is 3.24 Å². The molecule has 3 unspecified atom stereocenters. The summed E-state index contributed by atoms with van der Waals surface area (Å²) < 4.78 is 0. The zero-order valence-electron chi connectivity index (χ0n) is 10.6. The SMILES string of the molecule is CN(C)C1CC2CC2(c2ccc(Cl)c(Cl)c2)C1.Cl. The highest BCUT2D eigenvalue weighted by molar-refractivity contribution is 6.42. The van der Waals surface area contributed by atoms with Crippen LogP contribution in [-0.2, 0) is 5.41 Å². The normalized spacial score (nSPS) is 33.2. The van der Waals surface area contributed by atoms with Crippen molar-refractivity contribution in [1.82, 2.24) is 4.90 Å². The van der Waals surface area contributed by atoms with Gasteiger partial charge < -0.3 is 4.90 Å². The lowest BCUT2D eigenvalue weighted by Crippen LogP contribution is -2.27. The smallest absolute Gasteiger partial charge is 0.0595 e. The first-order valence-electron chi connectivity index (χ1n) is 6.15. The second-order valence-electron chi connectivity index (χ2n) is 5.74. The van der Waals surface area contributed by atoms with Crippen LogP contribution in [0.15, 0.2) is 18.2 Å². The minimum absolute atomic E-state index is 0. The standard InChI is InChI=1S/C14H17Cl2N.ClH/c1-17(2)11-5-10-7-14(10,8-11)9-3-4-12(15)13(16)6-9;/h3-4,6,10-11H,5,7-8H2,1-2H3;1H. The van der Waals surface area contributed by atoms with Gasteiger partial charge in [-0.1, -0.05) is 29.3 Å². The van der Waals surface area contributed by atoms with Crippen LogP contribution in [0.1, 0.15) is 24.8 Å². The molecule has 0 aliphatic heterocycles. The summed E-state index contributed by atoms with van der Waals surface area (Å²) in [6, 6.07) is 6.89. The molecule has 0 amide bonds. The first-order valence-corrected chi connectivity index (χ1v) is 6.90. The summed E-state index contributed by atoms with van der Waals surface area (Å²) in [5, 5.41) is 1.35. The maximum absolute atomic E-state index is 6.13. The van der Waals surface area contributed by atoms with Crippen LogP contribution in [0.3, 0.4) is 0 Å². The number of fused-ring (bicyclic) bond motifs is 1. The Bertz CT molecular complexity index is 460. The minimum Gasteiger partial charge on any atom is -0.306 e. The maximum atomic E-state index is 6.13. The van der Waals surface area contributed by atoms with Gasteiger partial charge in [-0.2, -0.15) is 0 Å². The molecular formula is C14H18Cl3N. The molecule has 2 saturated carbocycles. The van der Waals surface area contributed by atoms with Crippen molar-refractivity contribution in [3.8, 4) is 0 Å². The van der Waals surface area contributed by atoms with E-state index in [1.165, 1.54) is 24.8 Å². The van der Waals surface area contributed by atoms with Crippen LogP contribution < -0.4 is 0 Å². The van der Waals surface area contributed by atoms with E-state index in [2.05, 4.69) is 31.1 Å². The Kier molecular flexibility index (Phi) is 3.91. The molecule has 100 valence electrons. The lowest BCUT2D eigenvalue weighted by molar-refractivity contribution is 0.275. The Morgan fingerprint density at radius 1 is 1.17 bits per heavy atom. The molecule has 0 saturated heterocycles. The van der Waals surface area contributed by atoms with Gasteiger partial charge in [0.1, 0.15) is 0 Å². The van der Waals surface area contributed by atoms with E-state index < -0.39 is 0 Å². The molecule has 1 aromatic carbocycles. The van der Waals surface area contributed by atoms with E-state index in [0.29, 0.717) is 15.5 Å². The molecule has 1 nitrogen and oxygen atoms in total. The van der Waals surface area contributed by atoms with E-state index in [0.717, 1.165) is 12.0 Å². The van der Waals surface area contributed by atoms with Gasteiger partial charge in [-0.3, -0.25) is 0 Å². The highest BCUT2D eigenvalue weighted by Gasteiger charge is 2.61. The molecular weight excluding hydrogens is 289 g/mol. The van der Waals surface area contributed by atoms with Crippen LogP contribution in [0.4, 0.5) is 0 Å². The first-order chi connectivity index (χ1) is 8.03. The van der Waals surface area contributed by atoms with E-state index in [1.807, 2.05) is 6.07 Å². The number of hydrogen-bond donors (Lipinski definition) is 0. The third-order valence-electron chi connectivity index (χ3n) is 4.61. The predicted octanol–water partition coefficient (Wildman–Crippen LogP) is 4.40. The van der Waals surface area contributed by atoms with E-state index in [9.17, 15) is 0 Å². The second-order valence-corrected chi connectivity index (χ2v) is 6.56. The average Bonchev–Trinajstić information content (AvgIpc) is 2.85. The third kappa shape index (κ3) is 2.16. The lowest BCUT2D eigenvalue weighted by Gasteiger charge is -2.23. The van der Waals surface area contributed by atoms with E-state index in [4.69, 9.17) is 23.2 Å². The third-order valence-corrected chi connectivity index (χ3v) is 5.35. The van der Waals surface area contributed by atoms with Gasteiger partial charge in [-0.05, 0) is 57.0 Å². The van der Waals surface area contributed by atoms with Gasteiger partial charge in [0.15, 0.2) is 0 Å². The lowest BCUT2D eigenvalue weighted by atomic mass is 9.92. The summed E-state index contributed by atoms with van der Waals surface area (Å²) in [7, 11) is 4.36. The quantitative estimate of drug-likeness (QED) is 0.783. The van der Waals surface area contributed by atoms with Crippen LogP contribution >= 0.6 is 35.6 Å². The van der Waals surface area contributed by atoms with Gasteiger partial charge in [0.25, 0.3) is 0 Å². The van der Waals surface area contributed by atoms with Gasteiger partial charge in [-0.25, -0.2) is 0 Å². The summed E-state index contributed by atoms with van der Waals surface area (Å²) in [5.41, 5.74) is 1.80. The molecule has 4 heteroatoms. The summed E-state index contributed by atoms with van der Waals surface area (Å²) in [6.45, 7) is 0. The van der Waals surface area contributed by atoms with Crippen molar-refractivity contribution >= 4 is 35.6 Å². The van der Waals surface area contributed by atoms with Crippen LogP contribution in [-0.4, -0.2) is 25.0 Å². The highest BCUT2D eigenvalue weighted by atomic mass is 35.5. The van der Waals surface area contributed by atoms with Crippen molar-refractivity contribution < 1.29 is 0 Å². The average molecular weight is 307 g/mol. The molecule has 0 aromatic heterocycles. The molecule has 3 atom stereocenters. The Morgan fingerprint density at radius 3 is 2.44 bits per heavy atom. The fourth-order valence-corrected chi connectivity index (χ4v) is 3.74. The van der Waals surface area contributed by atoms with Crippen molar-refractivity contribution in [3.63, 3.8) is 0 Å². The fourth-order valence-electron chi connectivity index (χ4n) is 3.44. The molecule has 18 heavy (non-hydrogen) atoms. The number of rotatable bonds is 2. The Balaban J connectivity index is 0.00000120. The van der Waals surface area contributed by atoms with Gasteiger partial charge >= 0.3 is 0 Å². The first kappa shape index (κ1) is 14.5. The molecule has 0 heterocycles. The Labute approximate surface area is 125 Å². The molecule has 0 radical (unpaired) electrons. The highest BCUT2D eigenvalue weighted by Crippen LogP contribution is 2.65. The Hall–Kier alpha value is 0.0500. The number of nitrogens with zero attached hydrogens (tertiary/aromatic N) is 1. The summed E-state index contributed by atoms with van der Waals surface area (Å²) >= 11 is 12.1. The zero-order chi connectivity index (χ0) is 12.2. The zero-order valence-corrected chi connectivity index (χ0v) is 12.9. The fraction of sp³-hybridized carbons (Fsp3) is 0.571. The van der Waals surface area contributed by atoms with Crippen molar-refractivity contribution in [2.75, 3.05) is 14.1 Å². The molecule has 2 aliphatic carbocycles. The second kappa shape index (κ2) is 4.86. The molecule has 0 bridgehead atoms. The van der Waals surface area contributed by atoms with Gasteiger partial charge in [0.2, 0.25) is 0 Å². The van der Waals surface area contributed by atoms with Gasteiger partial charge in [-0.15, -0.1) is 12.4 Å². The van der Waals surface area contributed by atoms with Gasteiger partial charge in [0.05, 0.1) is 10.0 Å². The minimum atomic E-state index is 0. The summed E-state index contributed by atoms with van der Waals surface area (Å²) in [5.74, 6) is 0.854. The summed E-state index contributed by atoms with van der Waals surface area (Å²) in [6.07, 6.45) is 3.92. The predicted molar refractivity (Wildman–Crippen MR) is 80.2 cm³/mol. The van der Waals surface area contributed by atoms with E-state index in [-0.39, 0.29) is 12.4 Å². The molecule has 2 aliphatic rings. The largest absolute Gasteiger partial charge is 0.306 e. The van der Waals surface area contributed by atoms with Crippen LogP contribution in [0, 0.1) is 5.92 Å². The van der Waals surface area contributed by atoms with E-state index in [1.54, 1.807) is 0 Å². The van der Waals surface area contributed by atoms with Crippen LogP contribution in [0.25, 0.3) is 0 Å². The van der Waals surface area contributed by atoms with Crippen LogP contribution in [0.5, 0.6) is 0 Å². The van der Waals surface area contributed by atoms with Gasteiger partial charge in [0, 0.05) is 11.5 Å². The van der Waals surface area contributed by atoms with Crippen molar-refractivity contribution in [2.24, 2.45) is 5.92 Å². The monoisotopic (exact) mass is 305 g/mol. The molecule has 0 N–H and O–H groups in total. The molecule has 1 aromatic rings. The molecule has 3 rings (SSSR count). The number of benzene rings is 1. The Morgan fingerprint density at radius 2 is 1.89 bits per heavy atom. The van der Waals surface area contributed by atoms with Crippen LogP contribution in [0.2, 0.25) is 10.0 Å². The number of hydrogen-bond acceptors (Lipinski definition) is 1. The molecule has 2 fully saturated rings.